The molecule has 0 atom stereocenters. The molecule has 0 saturated carbocycles. The van der Waals surface area contributed by atoms with Gasteiger partial charge in [-0.15, -0.1) is 0 Å². The van der Waals surface area contributed by atoms with E-state index < -0.39 is 0 Å². The lowest BCUT2D eigenvalue weighted by atomic mass is 9.90. The Hall–Kier alpha value is -7.43. The molecule has 0 amide bonds. The fourth-order valence-electron chi connectivity index (χ4n) is 7.82. The number of nitrogens with zero attached hydrogens (tertiary/aromatic N) is 4. The first-order valence-corrected chi connectivity index (χ1v) is 18.5. The van der Waals surface area contributed by atoms with E-state index in [9.17, 15) is 0 Å². The third kappa shape index (κ3) is 5.77. The van der Waals surface area contributed by atoms with E-state index in [0.717, 1.165) is 50.1 Å². The van der Waals surface area contributed by atoms with Gasteiger partial charge in [-0.05, 0) is 34.4 Å². The van der Waals surface area contributed by atoms with Crippen molar-refractivity contribution >= 4 is 21.8 Å². The zero-order chi connectivity index (χ0) is 36.6. The average Bonchev–Trinajstić information content (AvgIpc) is 3.62. The molecule has 4 heteroatoms. The van der Waals surface area contributed by atoms with Crippen LogP contribution in [0.4, 0.5) is 0 Å². The van der Waals surface area contributed by atoms with E-state index in [2.05, 4.69) is 150 Å². The van der Waals surface area contributed by atoms with Crippen LogP contribution < -0.4 is 0 Å². The number of rotatable bonds is 7. The third-order valence-corrected chi connectivity index (χ3v) is 10.3. The largest absolute Gasteiger partial charge is 0.308 e. The molecule has 2 aromatic heterocycles. The van der Waals surface area contributed by atoms with Gasteiger partial charge in [-0.2, -0.15) is 0 Å². The maximum Gasteiger partial charge on any atom is 0.164 e. The second-order valence-corrected chi connectivity index (χ2v) is 13.6. The summed E-state index contributed by atoms with van der Waals surface area (Å²) in [6.45, 7) is 0. The Kier molecular flexibility index (Phi) is 8.12. The Bertz CT molecular complexity index is 2900. The minimum Gasteiger partial charge on any atom is -0.308 e. The van der Waals surface area contributed by atoms with Crippen molar-refractivity contribution in [2.45, 2.75) is 0 Å². The molecule has 0 aliphatic heterocycles. The van der Waals surface area contributed by atoms with Crippen molar-refractivity contribution in [1.29, 1.82) is 0 Å². The highest BCUT2D eigenvalue weighted by atomic mass is 15.0. The van der Waals surface area contributed by atoms with Gasteiger partial charge in [0.05, 0.1) is 16.7 Å². The van der Waals surface area contributed by atoms with E-state index >= 15 is 0 Å². The van der Waals surface area contributed by atoms with Crippen LogP contribution >= 0.6 is 0 Å². The fraction of sp³-hybridized carbons (Fsp3) is 0. The van der Waals surface area contributed by atoms with Crippen LogP contribution in [0.25, 0.3) is 95.0 Å². The van der Waals surface area contributed by atoms with Crippen LogP contribution in [0, 0.1) is 0 Å². The monoisotopic (exact) mass is 702 g/mol. The quantitative estimate of drug-likeness (QED) is 0.166. The maximum atomic E-state index is 5.16. The Morgan fingerprint density at radius 3 is 1.40 bits per heavy atom. The highest BCUT2D eigenvalue weighted by Gasteiger charge is 2.23. The molecule has 0 aliphatic carbocycles. The summed E-state index contributed by atoms with van der Waals surface area (Å²) in [4.78, 5) is 15.3. The normalized spacial score (nSPS) is 11.3. The van der Waals surface area contributed by atoms with Crippen molar-refractivity contribution in [2.75, 3.05) is 0 Å². The molecule has 55 heavy (non-hydrogen) atoms. The fourth-order valence-corrected chi connectivity index (χ4v) is 7.82. The molecule has 0 bridgehead atoms. The summed E-state index contributed by atoms with van der Waals surface area (Å²) in [5.74, 6) is 1.89. The Balaban J connectivity index is 1.27. The Morgan fingerprint density at radius 2 is 0.745 bits per heavy atom. The first-order chi connectivity index (χ1) is 27.3. The molecule has 0 aliphatic rings. The molecule has 258 valence electrons. The molecule has 0 unspecified atom stereocenters. The zero-order valence-electron chi connectivity index (χ0n) is 29.9. The van der Waals surface area contributed by atoms with Crippen LogP contribution in [0.15, 0.2) is 206 Å². The van der Waals surface area contributed by atoms with Gasteiger partial charge in [-0.3, -0.25) is 0 Å². The molecule has 0 fully saturated rings. The number of para-hydroxylation sites is 2. The van der Waals surface area contributed by atoms with Crippen LogP contribution in [0.1, 0.15) is 0 Å². The van der Waals surface area contributed by atoms with Crippen LogP contribution in [0.3, 0.4) is 0 Å². The number of benzene rings is 8. The van der Waals surface area contributed by atoms with Crippen LogP contribution in [-0.4, -0.2) is 19.5 Å². The number of fused-ring (bicyclic) bond motifs is 3. The first kappa shape index (κ1) is 32.2. The highest BCUT2D eigenvalue weighted by Crippen LogP contribution is 2.45. The molecule has 2 heterocycles. The van der Waals surface area contributed by atoms with Gasteiger partial charge in [0, 0.05) is 38.6 Å². The summed E-state index contributed by atoms with van der Waals surface area (Å²) in [5, 5.41) is 2.43. The Labute approximate surface area is 319 Å². The van der Waals surface area contributed by atoms with Crippen LogP contribution in [0.5, 0.6) is 0 Å². The van der Waals surface area contributed by atoms with Crippen LogP contribution in [0.2, 0.25) is 0 Å². The molecular weight excluding hydrogens is 669 g/mol. The van der Waals surface area contributed by atoms with Crippen molar-refractivity contribution in [3.63, 3.8) is 0 Å². The second kappa shape index (κ2) is 13.8. The maximum absolute atomic E-state index is 5.16. The van der Waals surface area contributed by atoms with Crippen LogP contribution in [-0.2, 0) is 0 Å². The van der Waals surface area contributed by atoms with E-state index in [1.807, 2.05) is 60.7 Å². The topological polar surface area (TPSA) is 43.6 Å². The molecule has 0 radical (unpaired) electrons. The van der Waals surface area contributed by atoms with Gasteiger partial charge in [-0.25, -0.2) is 15.0 Å². The molecule has 4 nitrogen and oxygen atoms in total. The van der Waals surface area contributed by atoms with Gasteiger partial charge in [0.2, 0.25) is 0 Å². The van der Waals surface area contributed by atoms with Gasteiger partial charge < -0.3 is 4.57 Å². The summed E-state index contributed by atoms with van der Waals surface area (Å²) in [6, 6.07) is 72.3. The van der Waals surface area contributed by atoms with E-state index in [4.69, 9.17) is 15.0 Å². The van der Waals surface area contributed by atoms with Gasteiger partial charge in [0.15, 0.2) is 17.5 Å². The van der Waals surface area contributed by atoms with Gasteiger partial charge in [0.1, 0.15) is 0 Å². The second-order valence-electron chi connectivity index (χ2n) is 13.6. The molecular formula is C51H34N4. The third-order valence-electron chi connectivity index (χ3n) is 10.3. The molecule has 10 rings (SSSR count). The smallest absolute Gasteiger partial charge is 0.164 e. The zero-order valence-corrected chi connectivity index (χ0v) is 29.9. The molecule has 0 saturated heterocycles. The summed E-state index contributed by atoms with van der Waals surface area (Å²) in [6.07, 6.45) is 0. The van der Waals surface area contributed by atoms with Crippen molar-refractivity contribution in [3.8, 4) is 73.2 Å². The summed E-state index contributed by atoms with van der Waals surface area (Å²) >= 11 is 0. The first-order valence-electron chi connectivity index (χ1n) is 18.5. The van der Waals surface area contributed by atoms with Gasteiger partial charge in [0.25, 0.3) is 0 Å². The van der Waals surface area contributed by atoms with E-state index in [1.54, 1.807) is 0 Å². The van der Waals surface area contributed by atoms with E-state index in [1.165, 1.54) is 27.4 Å². The van der Waals surface area contributed by atoms with Gasteiger partial charge in [-0.1, -0.05) is 194 Å². The lowest BCUT2D eigenvalue weighted by Crippen LogP contribution is -2.03. The SMILES string of the molecule is c1ccc(-c2nc(-c3ccccc3)nc(-c3ccccc3-c3cccc(-n4c5ccccc5c5cccc(-c6ccccc6)c54)c3-c3ccccc3)n2)cc1. The van der Waals surface area contributed by atoms with Crippen molar-refractivity contribution in [1.82, 2.24) is 19.5 Å². The molecule has 0 spiro atoms. The van der Waals surface area contributed by atoms with Crippen molar-refractivity contribution in [2.24, 2.45) is 0 Å². The summed E-state index contributed by atoms with van der Waals surface area (Å²) in [5.41, 5.74) is 13.0. The number of aromatic nitrogens is 4. The summed E-state index contributed by atoms with van der Waals surface area (Å²) in [7, 11) is 0. The highest BCUT2D eigenvalue weighted by molar-refractivity contribution is 6.14. The average molecular weight is 703 g/mol. The number of hydrogen-bond acceptors (Lipinski definition) is 3. The lowest BCUT2D eigenvalue weighted by molar-refractivity contribution is 1.07. The van der Waals surface area contributed by atoms with E-state index in [0.29, 0.717) is 17.5 Å². The molecule has 8 aromatic carbocycles. The van der Waals surface area contributed by atoms with Crippen molar-refractivity contribution in [3.05, 3.63) is 206 Å². The molecule has 0 N–H and O–H groups in total. The Morgan fingerprint density at radius 1 is 0.291 bits per heavy atom. The predicted molar refractivity (Wildman–Crippen MR) is 227 cm³/mol. The molecule has 10 aromatic rings. The minimum absolute atomic E-state index is 0.621. The standard InChI is InChI=1S/C51H34N4/c1-5-19-35(20-6-1)39-30-17-32-43-41-28-15-16-33-45(41)55(48(39)43)46-34-18-31-42(47(46)36-21-7-2-8-22-36)40-27-13-14-29-44(40)51-53-49(37-23-9-3-10-24-37)52-50(54-51)38-25-11-4-12-26-38/h1-34H. The van der Waals surface area contributed by atoms with Crippen molar-refractivity contribution < 1.29 is 0 Å². The minimum atomic E-state index is 0.621. The lowest BCUT2D eigenvalue weighted by Gasteiger charge is -2.21. The van der Waals surface area contributed by atoms with Gasteiger partial charge >= 0.3 is 0 Å². The van der Waals surface area contributed by atoms with E-state index in [-0.39, 0.29) is 0 Å². The number of hydrogen-bond donors (Lipinski definition) is 0. The predicted octanol–water partition coefficient (Wildman–Crippen LogP) is 13.0. The summed E-state index contributed by atoms with van der Waals surface area (Å²) < 4.78 is 2.46.